The highest BCUT2D eigenvalue weighted by molar-refractivity contribution is 5.79. The Morgan fingerprint density at radius 2 is 2.16 bits per heavy atom. The van der Waals surface area contributed by atoms with Crippen LogP contribution in [0.15, 0.2) is 18.2 Å². The highest BCUT2D eigenvalue weighted by Crippen LogP contribution is 2.20. The molecule has 2 N–H and O–H groups in total. The van der Waals surface area contributed by atoms with Gasteiger partial charge in [0.05, 0.1) is 11.0 Å². The van der Waals surface area contributed by atoms with Gasteiger partial charge >= 0.3 is 0 Å². The summed E-state index contributed by atoms with van der Waals surface area (Å²) in [6, 6.07) is 6.99. The third-order valence-electron chi connectivity index (χ3n) is 4.01. The van der Waals surface area contributed by atoms with Crippen molar-refractivity contribution in [2.75, 3.05) is 25.0 Å². The summed E-state index contributed by atoms with van der Waals surface area (Å²) in [5.41, 5.74) is 3.36. The van der Waals surface area contributed by atoms with E-state index in [4.69, 9.17) is 0 Å². The molecule has 0 amide bonds. The Hall–Kier alpha value is -1.55. The Morgan fingerprint density at radius 3 is 2.89 bits per heavy atom. The van der Waals surface area contributed by atoms with Crippen molar-refractivity contribution in [2.45, 2.75) is 32.7 Å². The van der Waals surface area contributed by atoms with Crippen molar-refractivity contribution in [2.24, 2.45) is 0 Å². The number of H-pyrrole nitrogens is 1. The molecule has 19 heavy (non-hydrogen) atoms. The van der Waals surface area contributed by atoms with Crippen LogP contribution >= 0.6 is 0 Å². The number of hydrogen-bond donors (Lipinski definition) is 2. The second-order valence-electron chi connectivity index (χ2n) is 5.41. The number of aryl methyl sites for hydroxylation is 1. The number of likely N-dealkylation sites (tertiary alicyclic amines) is 1. The summed E-state index contributed by atoms with van der Waals surface area (Å²) in [4.78, 5) is 10.2. The molecule has 1 aliphatic rings. The maximum atomic E-state index is 4.43. The lowest BCUT2D eigenvalue weighted by Crippen LogP contribution is -2.38. The Labute approximate surface area is 114 Å². The van der Waals surface area contributed by atoms with Gasteiger partial charge in [-0.05, 0) is 44.5 Å². The van der Waals surface area contributed by atoms with Crippen molar-refractivity contribution in [1.29, 1.82) is 0 Å². The highest BCUT2D eigenvalue weighted by atomic mass is 15.1. The monoisotopic (exact) mass is 258 g/mol. The Balaban J connectivity index is 1.68. The minimum absolute atomic E-state index is 0.601. The number of aromatic amines is 1. The van der Waals surface area contributed by atoms with Crippen LogP contribution in [0.3, 0.4) is 0 Å². The molecule has 0 radical (unpaired) electrons. The normalized spacial score (nSPS) is 18.0. The molecule has 4 nitrogen and oxygen atoms in total. The maximum absolute atomic E-state index is 4.43. The maximum Gasteiger partial charge on any atom is 0.104 e. The van der Waals surface area contributed by atoms with Gasteiger partial charge < -0.3 is 15.2 Å². The predicted octanol–water partition coefficient (Wildman–Crippen LogP) is 2.77. The molecule has 1 aliphatic heterocycles. The van der Waals surface area contributed by atoms with Crippen LogP contribution in [0, 0.1) is 6.92 Å². The van der Waals surface area contributed by atoms with E-state index in [2.05, 4.69) is 45.3 Å². The van der Waals surface area contributed by atoms with Crippen molar-refractivity contribution in [3.63, 3.8) is 0 Å². The molecule has 1 aromatic heterocycles. The Kier molecular flexibility index (Phi) is 3.42. The van der Waals surface area contributed by atoms with E-state index in [9.17, 15) is 0 Å². The number of nitrogens with zero attached hydrogens (tertiary/aromatic N) is 2. The summed E-state index contributed by atoms with van der Waals surface area (Å²) in [6.45, 7) is 7.82. The average Bonchev–Trinajstić information content (AvgIpc) is 2.79. The highest BCUT2D eigenvalue weighted by Gasteiger charge is 2.17. The standard InChI is InChI=1S/C15H22N4/c1-3-19-8-6-12(7-9-19)18-13-4-5-14-15(10-13)17-11(2)16-14/h4-5,10,12,18H,3,6-9H2,1-2H3,(H,16,17). The molecular weight excluding hydrogens is 236 g/mol. The van der Waals surface area contributed by atoms with Gasteiger partial charge in [-0.1, -0.05) is 6.92 Å². The molecule has 0 spiro atoms. The Bertz CT molecular complexity index is 552. The van der Waals surface area contributed by atoms with Crippen LogP contribution in [-0.4, -0.2) is 40.5 Å². The minimum Gasteiger partial charge on any atom is -0.382 e. The molecule has 3 rings (SSSR count). The molecule has 1 saturated heterocycles. The van der Waals surface area contributed by atoms with E-state index in [1.807, 2.05) is 6.92 Å². The summed E-state index contributed by atoms with van der Waals surface area (Å²) in [7, 11) is 0. The Morgan fingerprint density at radius 1 is 1.37 bits per heavy atom. The molecule has 102 valence electrons. The number of benzene rings is 1. The molecule has 4 heteroatoms. The lowest BCUT2D eigenvalue weighted by Gasteiger charge is -2.32. The van der Waals surface area contributed by atoms with Gasteiger partial charge in [-0.15, -0.1) is 0 Å². The van der Waals surface area contributed by atoms with E-state index in [1.165, 1.54) is 38.2 Å². The third-order valence-corrected chi connectivity index (χ3v) is 4.01. The van der Waals surface area contributed by atoms with Gasteiger partial charge in [-0.25, -0.2) is 4.98 Å². The number of aromatic nitrogens is 2. The molecule has 2 aromatic rings. The van der Waals surface area contributed by atoms with E-state index in [1.54, 1.807) is 0 Å². The first-order chi connectivity index (χ1) is 9.24. The fraction of sp³-hybridized carbons (Fsp3) is 0.533. The number of piperidine rings is 1. The van der Waals surface area contributed by atoms with Gasteiger partial charge in [0.15, 0.2) is 0 Å². The molecule has 1 fully saturated rings. The van der Waals surface area contributed by atoms with E-state index in [-0.39, 0.29) is 0 Å². The van der Waals surface area contributed by atoms with Gasteiger partial charge in [0.1, 0.15) is 5.82 Å². The number of rotatable bonds is 3. The largest absolute Gasteiger partial charge is 0.382 e. The summed E-state index contributed by atoms with van der Waals surface area (Å²) >= 11 is 0. The summed E-state index contributed by atoms with van der Waals surface area (Å²) in [6.07, 6.45) is 2.46. The zero-order valence-electron chi connectivity index (χ0n) is 11.7. The molecule has 0 atom stereocenters. The van der Waals surface area contributed by atoms with Gasteiger partial charge in [0.2, 0.25) is 0 Å². The van der Waals surface area contributed by atoms with E-state index >= 15 is 0 Å². The lowest BCUT2D eigenvalue weighted by molar-refractivity contribution is 0.229. The van der Waals surface area contributed by atoms with Crippen LogP contribution in [-0.2, 0) is 0 Å². The number of imidazole rings is 1. The zero-order valence-corrected chi connectivity index (χ0v) is 11.7. The first-order valence-corrected chi connectivity index (χ1v) is 7.20. The predicted molar refractivity (Wildman–Crippen MR) is 79.6 cm³/mol. The SMILES string of the molecule is CCN1CCC(Nc2ccc3nc(C)[nH]c3c2)CC1. The molecular formula is C15H22N4. The molecule has 0 bridgehead atoms. The average molecular weight is 258 g/mol. The number of anilines is 1. The van der Waals surface area contributed by atoms with Crippen molar-refractivity contribution in [3.8, 4) is 0 Å². The van der Waals surface area contributed by atoms with Crippen molar-refractivity contribution in [1.82, 2.24) is 14.9 Å². The summed E-state index contributed by atoms with van der Waals surface area (Å²) < 4.78 is 0. The molecule has 0 saturated carbocycles. The van der Waals surface area contributed by atoms with Crippen LogP contribution in [0.5, 0.6) is 0 Å². The minimum atomic E-state index is 0.601. The molecule has 0 aliphatic carbocycles. The second-order valence-corrected chi connectivity index (χ2v) is 5.41. The molecule has 0 unspecified atom stereocenters. The lowest BCUT2D eigenvalue weighted by atomic mass is 10.0. The topological polar surface area (TPSA) is 44.0 Å². The second kappa shape index (κ2) is 5.21. The van der Waals surface area contributed by atoms with Gasteiger partial charge in [0.25, 0.3) is 0 Å². The number of nitrogens with one attached hydrogen (secondary N) is 2. The van der Waals surface area contributed by atoms with Crippen LogP contribution in [0.2, 0.25) is 0 Å². The fourth-order valence-corrected chi connectivity index (χ4v) is 2.86. The summed E-state index contributed by atoms with van der Waals surface area (Å²) in [5.74, 6) is 0.975. The van der Waals surface area contributed by atoms with Crippen molar-refractivity contribution < 1.29 is 0 Å². The van der Waals surface area contributed by atoms with Crippen molar-refractivity contribution >= 4 is 16.7 Å². The van der Waals surface area contributed by atoms with Crippen LogP contribution in [0.25, 0.3) is 11.0 Å². The quantitative estimate of drug-likeness (QED) is 0.889. The van der Waals surface area contributed by atoms with E-state index in [0.717, 1.165) is 16.9 Å². The van der Waals surface area contributed by atoms with E-state index in [0.29, 0.717) is 6.04 Å². The van der Waals surface area contributed by atoms with Gasteiger partial charge in [0, 0.05) is 24.8 Å². The molecule has 1 aromatic carbocycles. The third kappa shape index (κ3) is 2.73. The number of fused-ring (bicyclic) bond motifs is 1. The summed E-state index contributed by atoms with van der Waals surface area (Å²) in [5, 5.41) is 3.65. The first kappa shape index (κ1) is 12.5. The zero-order chi connectivity index (χ0) is 13.2. The van der Waals surface area contributed by atoms with Gasteiger partial charge in [-0.3, -0.25) is 0 Å². The van der Waals surface area contributed by atoms with Crippen LogP contribution in [0.1, 0.15) is 25.6 Å². The van der Waals surface area contributed by atoms with Gasteiger partial charge in [-0.2, -0.15) is 0 Å². The first-order valence-electron chi connectivity index (χ1n) is 7.20. The number of hydrogen-bond acceptors (Lipinski definition) is 3. The smallest absolute Gasteiger partial charge is 0.104 e. The van der Waals surface area contributed by atoms with Crippen LogP contribution < -0.4 is 5.32 Å². The molecule has 2 heterocycles. The van der Waals surface area contributed by atoms with Crippen LogP contribution in [0.4, 0.5) is 5.69 Å². The fourth-order valence-electron chi connectivity index (χ4n) is 2.86. The van der Waals surface area contributed by atoms with E-state index < -0.39 is 0 Å². The van der Waals surface area contributed by atoms with Crippen molar-refractivity contribution in [3.05, 3.63) is 24.0 Å².